The van der Waals surface area contributed by atoms with Crippen molar-refractivity contribution in [2.45, 2.75) is 16.8 Å². The molecule has 4 heteroatoms. The lowest BCUT2D eigenvalue weighted by molar-refractivity contribution is 0.228. The van der Waals surface area contributed by atoms with Crippen LogP contribution in [0.2, 0.25) is 0 Å². The lowest BCUT2D eigenvalue weighted by Gasteiger charge is -2.16. The molecule has 0 heterocycles. The molecular formula is C11H11Cl3O. The van der Waals surface area contributed by atoms with E-state index in [1.807, 2.05) is 37.3 Å². The highest BCUT2D eigenvalue weighted by atomic mass is 35.6. The van der Waals surface area contributed by atoms with Crippen LogP contribution in [0.25, 0.3) is 5.57 Å². The molecule has 1 aromatic carbocycles. The molecule has 1 nitrogen and oxygen atoms in total. The summed E-state index contributed by atoms with van der Waals surface area (Å²) in [5.41, 5.74) is 1.86. The van der Waals surface area contributed by atoms with Gasteiger partial charge in [-0.3, -0.25) is 0 Å². The number of halogens is 3. The van der Waals surface area contributed by atoms with Crippen molar-refractivity contribution in [3.8, 4) is 0 Å². The van der Waals surface area contributed by atoms with Gasteiger partial charge in [0.1, 0.15) is 6.10 Å². The Balaban J connectivity index is 2.86. The van der Waals surface area contributed by atoms with E-state index in [0.29, 0.717) is 0 Å². The lowest BCUT2D eigenvalue weighted by Crippen LogP contribution is -2.22. The maximum absolute atomic E-state index is 9.55. The summed E-state index contributed by atoms with van der Waals surface area (Å²) in [6.07, 6.45) is 0.421. The average molecular weight is 266 g/mol. The van der Waals surface area contributed by atoms with E-state index in [1.165, 1.54) is 6.08 Å². The second-order valence-electron chi connectivity index (χ2n) is 3.20. The SMILES string of the molecule is C/C(=C/C(O)C(Cl)(Cl)Cl)c1ccccc1. The molecule has 1 atom stereocenters. The van der Waals surface area contributed by atoms with Crippen LogP contribution >= 0.6 is 34.8 Å². The first kappa shape index (κ1) is 12.9. The van der Waals surface area contributed by atoms with Crippen molar-refractivity contribution in [1.82, 2.24) is 0 Å². The molecule has 0 aliphatic rings. The third-order valence-electron chi connectivity index (χ3n) is 1.97. The van der Waals surface area contributed by atoms with E-state index in [4.69, 9.17) is 34.8 Å². The molecule has 0 aromatic heterocycles. The summed E-state index contributed by atoms with van der Waals surface area (Å²) in [6.45, 7) is 1.86. The van der Waals surface area contributed by atoms with E-state index in [2.05, 4.69) is 0 Å². The molecule has 0 fully saturated rings. The van der Waals surface area contributed by atoms with E-state index in [1.54, 1.807) is 0 Å². The average Bonchev–Trinajstić information content (AvgIpc) is 2.17. The zero-order valence-electron chi connectivity index (χ0n) is 8.12. The van der Waals surface area contributed by atoms with E-state index in [9.17, 15) is 5.11 Å². The fourth-order valence-corrected chi connectivity index (χ4v) is 1.32. The Morgan fingerprint density at radius 3 is 2.27 bits per heavy atom. The Morgan fingerprint density at radius 2 is 1.80 bits per heavy atom. The van der Waals surface area contributed by atoms with Crippen molar-refractivity contribution in [1.29, 1.82) is 0 Å². The molecule has 0 aliphatic heterocycles. The first-order chi connectivity index (χ1) is 6.91. The molecule has 0 radical (unpaired) electrons. The van der Waals surface area contributed by atoms with Crippen LogP contribution in [0.5, 0.6) is 0 Å². The molecule has 1 aromatic rings. The lowest BCUT2D eigenvalue weighted by atomic mass is 10.1. The number of benzene rings is 1. The van der Waals surface area contributed by atoms with Gasteiger partial charge in [-0.1, -0.05) is 65.1 Å². The summed E-state index contributed by atoms with van der Waals surface area (Å²) in [5, 5.41) is 9.55. The van der Waals surface area contributed by atoms with Crippen LogP contribution in [-0.2, 0) is 0 Å². The van der Waals surface area contributed by atoms with Gasteiger partial charge in [0.15, 0.2) is 0 Å². The number of aliphatic hydroxyl groups excluding tert-OH is 1. The Labute approximate surface area is 104 Å². The maximum Gasteiger partial charge on any atom is 0.219 e. The quantitative estimate of drug-likeness (QED) is 0.806. The van der Waals surface area contributed by atoms with Gasteiger partial charge in [0.05, 0.1) is 0 Å². The minimum absolute atomic E-state index is 0.870. The van der Waals surface area contributed by atoms with Crippen LogP contribution < -0.4 is 0 Å². The van der Waals surface area contributed by atoms with Crippen molar-refractivity contribution in [3.05, 3.63) is 42.0 Å². The molecular weight excluding hydrogens is 254 g/mol. The fraction of sp³-hybridized carbons (Fsp3) is 0.273. The summed E-state index contributed by atoms with van der Waals surface area (Å²) in [7, 11) is 0. The van der Waals surface area contributed by atoms with Crippen molar-refractivity contribution >= 4 is 40.4 Å². The first-order valence-corrected chi connectivity index (χ1v) is 5.53. The molecule has 0 spiro atoms. The van der Waals surface area contributed by atoms with Gasteiger partial charge in [0.25, 0.3) is 0 Å². The molecule has 82 valence electrons. The molecule has 1 unspecified atom stereocenters. The van der Waals surface area contributed by atoms with Gasteiger partial charge in [-0.2, -0.15) is 0 Å². The molecule has 0 amide bonds. The molecule has 1 N–H and O–H groups in total. The van der Waals surface area contributed by atoms with Crippen LogP contribution in [0, 0.1) is 0 Å². The smallest absolute Gasteiger partial charge is 0.219 e. The molecule has 0 saturated heterocycles. The second kappa shape index (κ2) is 5.22. The third-order valence-corrected chi connectivity index (χ3v) is 2.64. The van der Waals surface area contributed by atoms with Crippen molar-refractivity contribution < 1.29 is 5.11 Å². The summed E-state index contributed by atoms with van der Waals surface area (Å²) in [5.74, 6) is 0. The Hall–Kier alpha value is -0.210. The minimum Gasteiger partial charge on any atom is -0.385 e. The standard InChI is InChI=1S/C11H11Cl3O/c1-8(7-10(15)11(12,13)14)9-5-3-2-4-6-9/h2-7,10,15H,1H3/b8-7-. The van der Waals surface area contributed by atoms with Crippen molar-refractivity contribution in [2.24, 2.45) is 0 Å². The van der Waals surface area contributed by atoms with Crippen LogP contribution in [-0.4, -0.2) is 15.0 Å². The Kier molecular flexibility index (Phi) is 4.47. The summed E-state index contributed by atoms with van der Waals surface area (Å²) in [6, 6.07) is 9.60. The van der Waals surface area contributed by atoms with Gasteiger partial charge in [-0.05, 0) is 24.1 Å². The van der Waals surface area contributed by atoms with Gasteiger partial charge in [-0.15, -0.1) is 0 Å². The second-order valence-corrected chi connectivity index (χ2v) is 5.57. The zero-order valence-corrected chi connectivity index (χ0v) is 10.4. The number of allylic oxidation sites excluding steroid dienone is 1. The van der Waals surface area contributed by atoms with Gasteiger partial charge >= 0.3 is 0 Å². The number of hydrogen-bond donors (Lipinski definition) is 1. The van der Waals surface area contributed by atoms with E-state index < -0.39 is 9.90 Å². The first-order valence-electron chi connectivity index (χ1n) is 4.40. The fourth-order valence-electron chi connectivity index (χ4n) is 1.13. The number of rotatable bonds is 2. The normalized spacial score (nSPS) is 15.1. The number of alkyl halides is 3. The van der Waals surface area contributed by atoms with Gasteiger partial charge in [-0.25, -0.2) is 0 Å². The number of hydrogen-bond acceptors (Lipinski definition) is 1. The van der Waals surface area contributed by atoms with E-state index in [0.717, 1.165) is 11.1 Å². The molecule has 1 rings (SSSR count). The monoisotopic (exact) mass is 264 g/mol. The van der Waals surface area contributed by atoms with Crippen molar-refractivity contribution in [3.63, 3.8) is 0 Å². The highest BCUT2D eigenvalue weighted by Gasteiger charge is 2.28. The summed E-state index contributed by atoms with van der Waals surface area (Å²) < 4.78 is -1.68. The van der Waals surface area contributed by atoms with Gasteiger partial charge in [0, 0.05) is 0 Å². The van der Waals surface area contributed by atoms with Crippen LogP contribution in [0.15, 0.2) is 36.4 Å². The Morgan fingerprint density at radius 1 is 1.27 bits per heavy atom. The minimum atomic E-state index is -1.68. The maximum atomic E-state index is 9.55. The topological polar surface area (TPSA) is 20.2 Å². The van der Waals surface area contributed by atoms with Gasteiger partial charge < -0.3 is 5.11 Å². The van der Waals surface area contributed by atoms with E-state index in [-0.39, 0.29) is 0 Å². The van der Waals surface area contributed by atoms with Crippen LogP contribution in [0.4, 0.5) is 0 Å². The predicted octanol–water partition coefficient (Wildman–Crippen LogP) is 3.82. The third kappa shape index (κ3) is 4.04. The number of aliphatic hydroxyl groups is 1. The highest BCUT2D eigenvalue weighted by Crippen LogP contribution is 2.32. The largest absolute Gasteiger partial charge is 0.385 e. The molecule has 15 heavy (non-hydrogen) atoms. The van der Waals surface area contributed by atoms with Crippen LogP contribution in [0.1, 0.15) is 12.5 Å². The zero-order chi connectivity index (χ0) is 11.5. The molecule has 0 aliphatic carbocycles. The highest BCUT2D eigenvalue weighted by molar-refractivity contribution is 6.68. The van der Waals surface area contributed by atoms with Gasteiger partial charge in [0.2, 0.25) is 3.79 Å². The van der Waals surface area contributed by atoms with Crippen LogP contribution in [0.3, 0.4) is 0 Å². The summed E-state index contributed by atoms with van der Waals surface area (Å²) >= 11 is 16.7. The van der Waals surface area contributed by atoms with E-state index >= 15 is 0 Å². The summed E-state index contributed by atoms with van der Waals surface area (Å²) in [4.78, 5) is 0. The molecule has 0 bridgehead atoms. The predicted molar refractivity (Wildman–Crippen MR) is 66.4 cm³/mol. The molecule has 0 saturated carbocycles. The Bertz CT molecular complexity index is 341. The van der Waals surface area contributed by atoms with Crippen molar-refractivity contribution in [2.75, 3.05) is 0 Å².